The van der Waals surface area contributed by atoms with E-state index in [2.05, 4.69) is 14.8 Å². The first-order chi connectivity index (χ1) is 10.0. The van der Waals surface area contributed by atoms with Crippen LogP contribution in [0.2, 0.25) is 0 Å². The summed E-state index contributed by atoms with van der Waals surface area (Å²) >= 11 is 1.40. The molecule has 0 bridgehead atoms. The maximum Gasteiger partial charge on any atom is 0.281 e. The van der Waals surface area contributed by atoms with Crippen molar-refractivity contribution < 1.29 is 8.42 Å². The summed E-state index contributed by atoms with van der Waals surface area (Å²) in [4.78, 5) is 4.88. The Hall–Kier alpha value is -1.93. The molecule has 1 aromatic carbocycles. The number of para-hydroxylation sites is 1. The van der Waals surface area contributed by atoms with E-state index < -0.39 is 10.0 Å². The maximum atomic E-state index is 12.6. The molecule has 0 saturated carbocycles. The van der Waals surface area contributed by atoms with Gasteiger partial charge in [0.05, 0.1) is 5.69 Å². The van der Waals surface area contributed by atoms with Crippen molar-refractivity contribution in [3.05, 3.63) is 41.0 Å². The predicted octanol–water partition coefficient (Wildman–Crippen LogP) is 2.46. The summed E-state index contributed by atoms with van der Waals surface area (Å²) in [6.07, 6.45) is 0.749. The Balaban J connectivity index is 2.09. The van der Waals surface area contributed by atoms with Gasteiger partial charge in [0, 0.05) is 5.69 Å². The number of benzene rings is 1. The molecule has 110 valence electrons. The van der Waals surface area contributed by atoms with Crippen LogP contribution in [0.4, 0.5) is 5.69 Å². The van der Waals surface area contributed by atoms with Crippen LogP contribution in [-0.2, 0) is 16.4 Å². The molecule has 1 N–H and O–H groups in total. The highest BCUT2D eigenvalue weighted by Crippen LogP contribution is 2.24. The quantitative estimate of drug-likeness (QED) is 0.800. The lowest BCUT2D eigenvalue weighted by Crippen LogP contribution is -2.16. The Morgan fingerprint density at radius 3 is 2.67 bits per heavy atom. The van der Waals surface area contributed by atoms with Crippen molar-refractivity contribution in [1.29, 1.82) is 0 Å². The molecule has 0 aliphatic rings. The van der Waals surface area contributed by atoms with Gasteiger partial charge < -0.3 is 0 Å². The molecule has 0 radical (unpaired) electrons. The summed E-state index contributed by atoms with van der Waals surface area (Å²) in [6, 6.07) is 8.77. The Morgan fingerprint density at radius 1 is 1.29 bits per heavy atom. The van der Waals surface area contributed by atoms with Crippen LogP contribution < -0.4 is 4.72 Å². The van der Waals surface area contributed by atoms with Crippen molar-refractivity contribution in [2.45, 2.75) is 25.3 Å². The van der Waals surface area contributed by atoms with Gasteiger partial charge in [-0.05, 0) is 25.5 Å². The van der Waals surface area contributed by atoms with Crippen molar-refractivity contribution in [2.24, 2.45) is 0 Å². The van der Waals surface area contributed by atoms with Gasteiger partial charge in [-0.3, -0.25) is 4.72 Å². The van der Waals surface area contributed by atoms with Gasteiger partial charge in [0.1, 0.15) is 5.01 Å². The number of aromatic nitrogens is 3. The van der Waals surface area contributed by atoms with Gasteiger partial charge in [-0.2, -0.15) is 18.0 Å². The number of hydrogen-bond acceptors (Lipinski definition) is 5. The van der Waals surface area contributed by atoms with Gasteiger partial charge >= 0.3 is 0 Å². The van der Waals surface area contributed by atoms with E-state index in [9.17, 15) is 8.42 Å². The van der Waals surface area contributed by atoms with E-state index in [0.29, 0.717) is 16.3 Å². The van der Waals surface area contributed by atoms with Crippen molar-refractivity contribution in [3.63, 3.8) is 0 Å². The Labute approximate surface area is 126 Å². The molecule has 2 aromatic heterocycles. The van der Waals surface area contributed by atoms with E-state index >= 15 is 0 Å². The topological polar surface area (TPSA) is 76.4 Å². The zero-order valence-electron chi connectivity index (χ0n) is 11.6. The maximum absolute atomic E-state index is 12.6. The van der Waals surface area contributed by atoms with Crippen molar-refractivity contribution in [1.82, 2.24) is 14.6 Å². The first-order valence-electron chi connectivity index (χ1n) is 6.44. The monoisotopic (exact) mass is 322 g/mol. The fourth-order valence-corrected chi connectivity index (χ4v) is 4.30. The lowest BCUT2D eigenvalue weighted by atomic mass is 10.3. The molecule has 8 heteroatoms. The molecule has 3 aromatic rings. The second kappa shape index (κ2) is 5.12. The minimum atomic E-state index is -3.73. The first-order valence-corrected chi connectivity index (χ1v) is 8.74. The van der Waals surface area contributed by atoms with Crippen LogP contribution in [0.25, 0.3) is 4.96 Å². The smallest absolute Gasteiger partial charge is 0.278 e. The Kier molecular flexibility index (Phi) is 3.42. The number of hydrogen-bond donors (Lipinski definition) is 1. The summed E-state index contributed by atoms with van der Waals surface area (Å²) in [6.45, 7) is 3.65. The van der Waals surface area contributed by atoms with Crippen LogP contribution in [0.5, 0.6) is 0 Å². The van der Waals surface area contributed by atoms with E-state index in [4.69, 9.17) is 0 Å². The Bertz CT molecular complexity index is 882. The highest BCUT2D eigenvalue weighted by Gasteiger charge is 2.25. The second-order valence-electron chi connectivity index (χ2n) is 4.52. The molecular formula is C13H14N4O2S2. The third-order valence-corrected chi connectivity index (χ3v) is 5.48. The van der Waals surface area contributed by atoms with Gasteiger partial charge in [-0.1, -0.05) is 36.5 Å². The Morgan fingerprint density at radius 2 is 2.00 bits per heavy atom. The minimum Gasteiger partial charge on any atom is -0.278 e. The first kappa shape index (κ1) is 14.0. The number of aryl methyl sites for hydroxylation is 2. The van der Waals surface area contributed by atoms with Crippen LogP contribution in [0.1, 0.15) is 17.6 Å². The summed E-state index contributed by atoms with van der Waals surface area (Å²) in [5.74, 6) is 0. The molecule has 0 spiro atoms. The van der Waals surface area contributed by atoms with Crippen LogP contribution >= 0.6 is 11.3 Å². The van der Waals surface area contributed by atoms with Gasteiger partial charge in [-0.15, -0.1) is 0 Å². The SMILES string of the molecule is CCc1nn2c(S(=O)(=O)Nc3ccccc3)c(C)nc2s1. The van der Waals surface area contributed by atoms with Gasteiger partial charge in [-0.25, -0.2) is 4.98 Å². The minimum absolute atomic E-state index is 0.0947. The lowest BCUT2D eigenvalue weighted by molar-refractivity contribution is 0.592. The van der Waals surface area contributed by atoms with E-state index in [0.717, 1.165) is 11.4 Å². The third-order valence-electron chi connectivity index (χ3n) is 2.95. The fraction of sp³-hybridized carbons (Fsp3) is 0.231. The molecular weight excluding hydrogens is 308 g/mol. The summed E-state index contributed by atoms with van der Waals surface area (Å²) < 4.78 is 29.1. The number of nitrogens with one attached hydrogen (secondary N) is 1. The molecule has 6 nitrogen and oxygen atoms in total. The standard InChI is InChI=1S/C13H14N4O2S2/c1-3-11-15-17-12(9(2)14-13(17)20-11)21(18,19)16-10-7-5-4-6-8-10/h4-8,16H,3H2,1-2H3. The average molecular weight is 322 g/mol. The largest absolute Gasteiger partial charge is 0.281 e. The lowest BCUT2D eigenvalue weighted by Gasteiger charge is -2.07. The molecule has 0 atom stereocenters. The summed E-state index contributed by atoms with van der Waals surface area (Å²) in [7, 11) is -3.73. The number of fused-ring (bicyclic) bond motifs is 1. The summed E-state index contributed by atoms with van der Waals surface area (Å²) in [5.41, 5.74) is 0.956. The molecule has 0 aliphatic carbocycles. The zero-order valence-corrected chi connectivity index (χ0v) is 13.2. The molecule has 2 heterocycles. The van der Waals surface area contributed by atoms with Crippen molar-refractivity contribution >= 4 is 32.0 Å². The van der Waals surface area contributed by atoms with Crippen molar-refractivity contribution in [2.75, 3.05) is 4.72 Å². The van der Waals surface area contributed by atoms with Gasteiger partial charge in [0.25, 0.3) is 10.0 Å². The van der Waals surface area contributed by atoms with E-state index in [1.54, 1.807) is 31.2 Å². The molecule has 0 unspecified atom stereocenters. The number of rotatable bonds is 4. The van der Waals surface area contributed by atoms with Crippen LogP contribution in [0.15, 0.2) is 35.4 Å². The molecule has 0 aliphatic heterocycles. The normalized spacial score (nSPS) is 11.9. The van der Waals surface area contributed by atoms with E-state index in [-0.39, 0.29) is 5.03 Å². The molecule has 21 heavy (non-hydrogen) atoms. The van der Waals surface area contributed by atoms with Gasteiger partial charge in [0.2, 0.25) is 9.99 Å². The van der Waals surface area contributed by atoms with Gasteiger partial charge in [0.15, 0.2) is 0 Å². The molecule has 0 amide bonds. The number of sulfonamides is 1. The van der Waals surface area contributed by atoms with Crippen molar-refractivity contribution in [3.8, 4) is 0 Å². The predicted molar refractivity (Wildman–Crippen MR) is 82.2 cm³/mol. The molecule has 0 fully saturated rings. The van der Waals surface area contributed by atoms with E-state index in [1.165, 1.54) is 15.9 Å². The zero-order chi connectivity index (χ0) is 15.0. The molecule has 0 saturated heterocycles. The number of nitrogens with zero attached hydrogens (tertiary/aromatic N) is 3. The fourth-order valence-electron chi connectivity index (χ4n) is 2.03. The van der Waals surface area contributed by atoms with E-state index in [1.807, 2.05) is 13.0 Å². The second-order valence-corrected chi connectivity index (χ2v) is 7.16. The molecule has 3 rings (SSSR count). The third kappa shape index (κ3) is 2.52. The highest BCUT2D eigenvalue weighted by molar-refractivity contribution is 7.92. The van der Waals surface area contributed by atoms with Crippen LogP contribution in [-0.4, -0.2) is 23.0 Å². The average Bonchev–Trinajstić information content (AvgIpc) is 2.94. The summed E-state index contributed by atoms with van der Waals surface area (Å²) in [5, 5.41) is 5.26. The highest BCUT2D eigenvalue weighted by atomic mass is 32.2. The van der Waals surface area contributed by atoms with Crippen LogP contribution in [0, 0.1) is 6.92 Å². The van der Waals surface area contributed by atoms with Crippen LogP contribution in [0.3, 0.4) is 0 Å². The number of imidazole rings is 1. The number of anilines is 1.